The van der Waals surface area contributed by atoms with Crippen molar-refractivity contribution in [3.8, 4) is 0 Å². The highest BCUT2D eigenvalue weighted by Crippen LogP contribution is 2.28. The third-order valence-corrected chi connectivity index (χ3v) is 1.97. The van der Waals surface area contributed by atoms with Gasteiger partial charge in [-0.3, -0.25) is 9.78 Å². The van der Waals surface area contributed by atoms with Gasteiger partial charge in [0.15, 0.2) is 5.82 Å². The molecule has 1 aromatic rings. The molecule has 0 aliphatic heterocycles. The zero-order chi connectivity index (χ0) is 10.9. The number of pyridine rings is 1. The maximum atomic E-state index is 13.1. The molecule has 0 N–H and O–H groups in total. The van der Waals surface area contributed by atoms with Crippen molar-refractivity contribution in [3.05, 3.63) is 28.3 Å². The van der Waals surface area contributed by atoms with E-state index in [9.17, 15) is 18.0 Å². The van der Waals surface area contributed by atoms with Gasteiger partial charge in [-0.1, -0.05) is 11.6 Å². The summed E-state index contributed by atoms with van der Waals surface area (Å²) < 4.78 is 37.3. The third-order valence-electron chi connectivity index (χ3n) is 1.41. The predicted molar refractivity (Wildman–Crippen MR) is 44.3 cm³/mol. The van der Waals surface area contributed by atoms with Crippen molar-refractivity contribution in [2.75, 3.05) is 0 Å². The molecule has 0 saturated heterocycles. The van der Waals surface area contributed by atoms with Gasteiger partial charge in [-0.05, 0) is 11.6 Å². The first kappa shape index (κ1) is 11.3. The zero-order valence-electron chi connectivity index (χ0n) is 6.40. The van der Waals surface area contributed by atoms with E-state index in [4.69, 9.17) is 23.2 Å². The van der Waals surface area contributed by atoms with E-state index in [0.717, 1.165) is 0 Å². The molecule has 0 aliphatic carbocycles. The van der Waals surface area contributed by atoms with Gasteiger partial charge in [-0.15, -0.1) is 0 Å². The van der Waals surface area contributed by atoms with E-state index in [2.05, 4.69) is 4.98 Å². The summed E-state index contributed by atoms with van der Waals surface area (Å²) in [6.07, 6.45) is -2.38. The van der Waals surface area contributed by atoms with Gasteiger partial charge in [0.1, 0.15) is 10.7 Å². The summed E-state index contributed by atoms with van der Waals surface area (Å²) in [7, 11) is 0. The molecule has 2 nitrogen and oxygen atoms in total. The lowest BCUT2D eigenvalue weighted by Gasteiger charge is -2.04. The Bertz CT molecular complexity index is 383. The molecule has 1 aromatic heterocycles. The van der Waals surface area contributed by atoms with Crippen LogP contribution in [0.2, 0.25) is 5.02 Å². The standard InChI is InChI=1S/C7H2Cl2F3NO/c8-3-4(10)2(6(9)14)1-13-5(3)7(11)12/h1,7H. The van der Waals surface area contributed by atoms with Crippen molar-refractivity contribution < 1.29 is 18.0 Å². The second-order valence-corrected chi connectivity index (χ2v) is 2.98. The maximum Gasteiger partial charge on any atom is 0.281 e. The topological polar surface area (TPSA) is 30.0 Å². The smallest absolute Gasteiger partial charge is 0.275 e. The highest BCUT2D eigenvalue weighted by molar-refractivity contribution is 6.67. The van der Waals surface area contributed by atoms with Crippen LogP contribution in [0.5, 0.6) is 0 Å². The molecule has 0 bridgehead atoms. The second kappa shape index (κ2) is 4.14. The Kier molecular flexibility index (Phi) is 3.34. The monoisotopic (exact) mass is 243 g/mol. The number of aromatic nitrogens is 1. The maximum absolute atomic E-state index is 13.1. The van der Waals surface area contributed by atoms with Gasteiger partial charge in [0.05, 0.1) is 5.56 Å². The number of carbonyl (C=O) groups excluding carboxylic acids is 1. The van der Waals surface area contributed by atoms with Gasteiger partial charge in [-0.25, -0.2) is 13.2 Å². The molecule has 0 aromatic carbocycles. The number of hydrogen-bond acceptors (Lipinski definition) is 2. The van der Waals surface area contributed by atoms with E-state index in [1.54, 1.807) is 0 Å². The van der Waals surface area contributed by atoms with Crippen molar-refractivity contribution >= 4 is 28.4 Å². The molecule has 76 valence electrons. The number of hydrogen-bond donors (Lipinski definition) is 0. The summed E-state index contributed by atoms with van der Waals surface area (Å²) in [6, 6.07) is 0. The average molecular weight is 244 g/mol. The van der Waals surface area contributed by atoms with Crippen LogP contribution in [-0.2, 0) is 0 Å². The van der Waals surface area contributed by atoms with Gasteiger partial charge < -0.3 is 0 Å². The molecule has 14 heavy (non-hydrogen) atoms. The van der Waals surface area contributed by atoms with Crippen molar-refractivity contribution in [2.45, 2.75) is 6.43 Å². The Balaban J connectivity index is 3.33. The van der Waals surface area contributed by atoms with Crippen LogP contribution in [0.4, 0.5) is 13.2 Å². The summed E-state index contributed by atoms with van der Waals surface area (Å²) in [5.74, 6) is -1.28. The lowest BCUT2D eigenvalue weighted by Crippen LogP contribution is -2.02. The van der Waals surface area contributed by atoms with Crippen LogP contribution in [0, 0.1) is 5.82 Å². The number of alkyl halides is 2. The largest absolute Gasteiger partial charge is 0.281 e. The van der Waals surface area contributed by atoms with Crippen LogP contribution in [0.25, 0.3) is 0 Å². The molecule has 0 radical (unpaired) electrons. The van der Waals surface area contributed by atoms with Crippen LogP contribution >= 0.6 is 23.2 Å². The summed E-state index contributed by atoms with van der Waals surface area (Å²) in [4.78, 5) is 13.7. The Morgan fingerprint density at radius 2 is 2.07 bits per heavy atom. The van der Waals surface area contributed by atoms with E-state index in [1.807, 2.05) is 0 Å². The molecular formula is C7H2Cl2F3NO. The number of nitrogens with zero attached hydrogens (tertiary/aromatic N) is 1. The Hall–Kier alpha value is -0.810. The Morgan fingerprint density at radius 3 is 2.50 bits per heavy atom. The minimum atomic E-state index is -3.00. The normalized spacial score (nSPS) is 10.7. The van der Waals surface area contributed by atoms with E-state index >= 15 is 0 Å². The lowest BCUT2D eigenvalue weighted by atomic mass is 10.2. The van der Waals surface area contributed by atoms with E-state index in [-0.39, 0.29) is 0 Å². The fourth-order valence-electron chi connectivity index (χ4n) is 0.767. The number of carbonyl (C=O) groups is 1. The van der Waals surface area contributed by atoms with Gasteiger partial charge >= 0.3 is 0 Å². The zero-order valence-corrected chi connectivity index (χ0v) is 7.91. The highest BCUT2D eigenvalue weighted by atomic mass is 35.5. The molecule has 0 amide bonds. The quantitative estimate of drug-likeness (QED) is 0.747. The molecular weight excluding hydrogens is 242 g/mol. The van der Waals surface area contributed by atoms with Crippen LogP contribution in [0.15, 0.2) is 6.20 Å². The predicted octanol–water partition coefficient (Wildman–Crippen LogP) is 3.19. The van der Waals surface area contributed by atoms with E-state index in [0.29, 0.717) is 6.20 Å². The SMILES string of the molecule is O=C(Cl)c1cnc(C(F)F)c(Cl)c1F. The molecule has 0 spiro atoms. The summed E-state index contributed by atoms with van der Waals surface area (Å²) >= 11 is 10.2. The van der Waals surface area contributed by atoms with Crippen molar-refractivity contribution in [2.24, 2.45) is 0 Å². The van der Waals surface area contributed by atoms with Crippen LogP contribution in [0.1, 0.15) is 22.5 Å². The minimum Gasteiger partial charge on any atom is -0.275 e. The first-order valence-electron chi connectivity index (χ1n) is 3.27. The number of rotatable bonds is 2. The van der Waals surface area contributed by atoms with Gasteiger partial charge in [0, 0.05) is 6.20 Å². The lowest BCUT2D eigenvalue weighted by molar-refractivity contribution is 0.107. The molecule has 1 rings (SSSR count). The van der Waals surface area contributed by atoms with Crippen LogP contribution in [0.3, 0.4) is 0 Å². The number of halogens is 5. The summed E-state index contributed by atoms with van der Waals surface area (Å²) in [5, 5.41) is -2.02. The minimum absolute atomic E-state index is 0.623. The van der Waals surface area contributed by atoms with Crippen molar-refractivity contribution in [1.29, 1.82) is 0 Å². The van der Waals surface area contributed by atoms with Gasteiger partial charge in [-0.2, -0.15) is 0 Å². The van der Waals surface area contributed by atoms with Gasteiger partial charge in [0.2, 0.25) is 0 Å². The summed E-state index contributed by atoms with van der Waals surface area (Å²) in [5.41, 5.74) is -1.54. The van der Waals surface area contributed by atoms with Crippen molar-refractivity contribution in [3.63, 3.8) is 0 Å². The summed E-state index contributed by atoms with van der Waals surface area (Å²) in [6.45, 7) is 0. The first-order valence-corrected chi connectivity index (χ1v) is 4.02. The fraction of sp³-hybridized carbons (Fsp3) is 0.143. The van der Waals surface area contributed by atoms with Crippen molar-refractivity contribution in [1.82, 2.24) is 4.98 Å². The fourth-order valence-corrected chi connectivity index (χ4v) is 1.13. The Labute approximate surface area is 86.6 Å². The third kappa shape index (κ3) is 1.99. The average Bonchev–Trinajstić information content (AvgIpc) is 2.08. The molecule has 0 atom stereocenters. The molecule has 0 saturated carbocycles. The second-order valence-electron chi connectivity index (χ2n) is 2.26. The van der Waals surface area contributed by atoms with Gasteiger partial charge in [0.25, 0.3) is 11.7 Å². The van der Waals surface area contributed by atoms with Crippen LogP contribution < -0.4 is 0 Å². The molecule has 0 unspecified atom stereocenters. The first-order chi connectivity index (χ1) is 6.45. The van der Waals surface area contributed by atoms with Crippen LogP contribution in [-0.4, -0.2) is 10.2 Å². The van der Waals surface area contributed by atoms with E-state index in [1.165, 1.54) is 0 Å². The molecule has 1 heterocycles. The highest BCUT2D eigenvalue weighted by Gasteiger charge is 2.21. The van der Waals surface area contributed by atoms with E-state index < -0.39 is 33.8 Å². The molecule has 0 aliphatic rings. The molecule has 7 heteroatoms. The Morgan fingerprint density at radius 1 is 1.50 bits per heavy atom. The molecule has 0 fully saturated rings.